The number of nitrogens with zero attached hydrogens (tertiary/aromatic N) is 1. The van der Waals surface area contributed by atoms with E-state index in [1.165, 1.54) is 17.1 Å². The largest absolute Gasteiger partial charge is 0.395 e. The van der Waals surface area contributed by atoms with E-state index in [2.05, 4.69) is 0 Å². The van der Waals surface area contributed by atoms with Crippen LogP contribution in [0.2, 0.25) is 0 Å². The van der Waals surface area contributed by atoms with Gasteiger partial charge >= 0.3 is 0 Å². The van der Waals surface area contributed by atoms with Gasteiger partial charge < -0.3 is 5.11 Å². The van der Waals surface area contributed by atoms with Crippen molar-refractivity contribution in [3.63, 3.8) is 0 Å². The Morgan fingerprint density at radius 1 is 1.25 bits per heavy atom. The predicted octanol–water partition coefficient (Wildman–Crippen LogP) is 1.35. The van der Waals surface area contributed by atoms with Crippen molar-refractivity contribution in [2.24, 2.45) is 0 Å². The summed E-state index contributed by atoms with van der Waals surface area (Å²) in [7, 11) is -1.67. The van der Waals surface area contributed by atoms with Gasteiger partial charge in [-0.25, -0.2) is 12.7 Å². The average Bonchev–Trinajstić information content (AvgIpc) is 2.55. The van der Waals surface area contributed by atoms with Crippen molar-refractivity contribution in [2.75, 3.05) is 13.7 Å². The fourth-order valence-electron chi connectivity index (χ4n) is 2.21. The lowest BCUT2D eigenvalue weighted by molar-refractivity contribution is 0.281. The highest BCUT2D eigenvalue weighted by Gasteiger charge is 2.30. The van der Waals surface area contributed by atoms with Gasteiger partial charge in [-0.15, -0.1) is 0 Å². The Morgan fingerprint density at radius 3 is 2.19 bits per heavy atom. The Bertz CT molecular complexity index is 294. The van der Waals surface area contributed by atoms with E-state index in [0.717, 1.165) is 25.7 Å². The van der Waals surface area contributed by atoms with Crippen LogP contribution in [-0.4, -0.2) is 42.8 Å². The van der Waals surface area contributed by atoms with E-state index < -0.39 is 15.3 Å². The minimum atomic E-state index is -3.32. The molecule has 1 saturated carbocycles. The van der Waals surface area contributed by atoms with Crippen molar-refractivity contribution in [3.8, 4) is 0 Å². The predicted molar refractivity (Wildman–Crippen MR) is 64.7 cm³/mol. The maximum atomic E-state index is 12.0. The van der Waals surface area contributed by atoms with Crippen LogP contribution in [0.4, 0.5) is 0 Å². The minimum absolute atomic E-state index is 0.126. The molecule has 0 heterocycles. The first-order valence-electron chi connectivity index (χ1n) is 6.08. The van der Waals surface area contributed by atoms with Crippen LogP contribution in [0.1, 0.15) is 45.4 Å². The molecule has 1 aliphatic carbocycles. The van der Waals surface area contributed by atoms with Gasteiger partial charge in [0.05, 0.1) is 11.9 Å². The lowest BCUT2D eigenvalue weighted by Gasteiger charge is -2.28. The molecule has 4 nitrogen and oxygen atoms in total. The maximum absolute atomic E-state index is 12.0. The van der Waals surface area contributed by atoms with Gasteiger partial charge in [0.1, 0.15) is 0 Å². The van der Waals surface area contributed by atoms with Crippen LogP contribution < -0.4 is 0 Å². The van der Waals surface area contributed by atoms with Crippen LogP contribution in [0.25, 0.3) is 0 Å². The van der Waals surface area contributed by atoms with Crippen molar-refractivity contribution >= 4 is 10.0 Å². The molecule has 0 saturated heterocycles. The molecule has 1 N–H and O–H groups in total. The summed E-state index contributed by atoms with van der Waals surface area (Å²) in [5, 5.41) is 8.27. The zero-order valence-electron chi connectivity index (χ0n) is 10.2. The van der Waals surface area contributed by atoms with Gasteiger partial charge in [-0.2, -0.15) is 0 Å². The van der Waals surface area contributed by atoms with Crippen LogP contribution in [0.5, 0.6) is 0 Å². The van der Waals surface area contributed by atoms with E-state index in [1.807, 2.05) is 0 Å². The summed E-state index contributed by atoms with van der Waals surface area (Å²) < 4.78 is 25.6. The third kappa shape index (κ3) is 3.18. The number of rotatable bonds is 4. The first kappa shape index (κ1) is 13.9. The molecule has 0 radical (unpaired) electrons. The van der Waals surface area contributed by atoms with Crippen molar-refractivity contribution in [1.82, 2.24) is 4.31 Å². The summed E-state index contributed by atoms with van der Waals surface area (Å²) in [5.74, 6) is 0. The SMILES string of the molecule is CC(CO)S(=O)(=O)N(C)C1CCCCCC1. The highest BCUT2D eigenvalue weighted by atomic mass is 32.2. The van der Waals surface area contributed by atoms with Crippen molar-refractivity contribution < 1.29 is 13.5 Å². The Kier molecular flexibility index (Phi) is 5.21. The molecule has 0 aromatic rings. The van der Waals surface area contributed by atoms with Gasteiger partial charge in [0.2, 0.25) is 10.0 Å². The molecule has 96 valence electrons. The van der Waals surface area contributed by atoms with Gasteiger partial charge in [-0.3, -0.25) is 0 Å². The summed E-state index contributed by atoms with van der Waals surface area (Å²) in [6.45, 7) is 1.25. The minimum Gasteiger partial charge on any atom is -0.395 e. The fourth-order valence-corrected chi connectivity index (χ4v) is 3.59. The lowest BCUT2D eigenvalue weighted by atomic mass is 10.1. The Labute approximate surface area is 98.7 Å². The lowest BCUT2D eigenvalue weighted by Crippen LogP contribution is -2.42. The van der Waals surface area contributed by atoms with Gasteiger partial charge in [-0.05, 0) is 19.8 Å². The van der Waals surface area contributed by atoms with Gasteiger partial charge in [0, 0.05) is 13.1 Å². The number of aliphatic hydroxyl groups is 1. The molecule has 1 aliphatic rings. The summed E-state index contributed by atoms with van der Waals surface area (Å²) in [6.07, 6.45) is 6.54. The average molecular weight is 249 g/mol. The number of sulfonamides is 1. The van der Waals surface area contributed by atoms with Crippen LogP contribution in [0.15, 0.2) is 0 Å². The molecule has 1 atom stereocenters. The second-order valence-electron chi connectivity index (χ2n) is 4.70. The van der Waals surface area contributed by atoms with Gasteiger partial charge in [0.25, 0.3) is 0 Å². The molecule has 0 aromatic heterocycles. The first-order chi connectivity index (χ1) is 7.50. The third-order valence-electron chi connectivity index (χ3n) is 3.51. The van der Waals surface area contributed by atoms with Crippen LogP contribution >= 0.6 is 0 Å². The normalized spacial score (nSPS) is 22.0. The summed E-state index contributed by atoms with van der Waals surface area (Å²) >= 11 is 0. The van der Waals surface area contributed by atoms with E-state index in [4.69, 9.17) is 5.11 Å². The fraction of sp³-hybridized carbons (Fsp3) is 1.00. The quantitative estimate of drug-likeness (QED) is 0.765. The molecule has 16 heavy (non-hydrogen) atoms. The zero-order valence-corrected chi connectivity index (χ0v) is 11.0. The van der Waals surface area contributed by atoms with Crippen LogP contribution in [-0.2, 0) is 10.0 Å². The monoisotopic (exact) mass is 249 g/mol. The van der Waals surface area contributed by atoms with E-state index in [0.29, 0.717) is 0 Å². The summed E-state index contributed by atoms with van der Waals surface area (Å²) in [6, 6.07) is 0.126. The smallest absolute Gasteiger partial charge is 0.218 e. The number of hydrogen-bond donors (Lipinski definition) is 1. The van der Waals surface area contributed by atoms with E-state index in [9.17, 15) is 8.42 Å². The molecule has 1 fully saturated rings. The Morgan fingerprint density at radius 2 is 1.75 bits per heavy atom. The topological polar surface area (TPSA) is 57.6 Å². The van der Waals surface area contributed by atoms with Gasteiger partial charge in [-0.1, -0.05) is 25.7 Å². The van der Waals surface area contributed by atoms with Crippen molar-refractivity contribution in [3.05, 3.63) is 0 Å². The second kappa shape index (κ2) is 5.98. The second-order valence-corrected chi connectivity index (χ2v) is 7.11. The molecule has 1 rings (SSSR count). The molecule has 0 spiro atoms. The third-order valence-corrected chi connectivity index (χ3v) is 5.77. The van der Waals surface area contributed by atoms with Crippen LogP contribution in [0, 0.1) is 0 Å². The maximum Gasteiger partial charge on any atom is 0.218 e. The molecular formula is C11H23NO3S. The molecule has 0 bridgehead atoms. The highest BCUT2D eigenvalue weighted by molar-refractivity contribution is 7.89. The molecule has 5 heteroatoms. The van der Waals surface area contributed by atoms with E-state index in [1.54, 1.807) is 14.0 Å². The summed E-state index contributed by atoms with van der Waals surface area (Å²) in [5.41, 5.74) is 0. The van der Waals surface area contributed by atoms with Crippen molar-refractivity contribution in [1.29, 1.82) is 0 Å². The van der Waals surface area contributed by atoms with E-state index >= 15 is 0 Å². The number of aliphatic hydroxyl groups excluding tert-OH is 1. The zero-order chi connectivity index (χ0) is 12.2. The number of hydrogen-bond acceptors (Lipinski definition) is 3. The molecular weight excluding hydrogens is 226 g/mol. The Hall–Kier alpha value is -0.130. The first-order valence-corrected chi connectivity index (χ1v) is 7.58. The van der Waals surface area contributed by atoms with Crippen molar-refractivity contribution in [2.45, 2.75) is 56.7 Å². The molecule has 0 aromatic carbocycles. The molecule has 0 aliphatic heterocycles. The Balaban J connectivity index is 2.71. The highest BCUT2D eigenvalue weighted by Crippen LogP contribution is 2.24. The molecule has 1 unspecified atom stereocenters. The van der Waals surface area contributed by atoms with Crippen LogP contribution in [0.3, 0.4) is 0 Å². The standard InChI is InChI=1S/C11H23NO3S/c1-10(9-13)16(14,15)12(2)11-7-5-3-4-6-8-11/h10-11,13H,3-9H2,1-2H3. The van der Waals surface area contributed by atoms with Gasteiger partial charge in [0.15, 0.2) is 0 Å². The van der Waals surface area contributed by atoms with E-state index in [-0.39, 0.29) is 12.6 Å². The molecule has 0 amide bonds. The summed E-state index contributed by atoms with van der Waals surface area (Å²) in [4.78, 5) is 0.